The summed E-state index contributed by atoms with van der Waals surface area (Å²) in [5.74, 6) is -4.93. The summed E-state index contributed by atoms with van der Waals surface area (Å²) in [5.41, 5.74) is -1.54. The fourth-order valence-electron chi connectivity index (χ4n) is 8.69. The normalized spacial score (nSPS) is 23.4. The number of nitrogens with zero attached hydrogens (tertiary/aromatic N) is 3. The van der Waals surface area contributed by atoms with Gasteiger partial charge < -0.3 is 38.3 Å². The van der Waals surface area contributed by atoms with Crippen molar-refractivity contribution in [3.63, 3.8) is 0 Å². The number of halogens is 5. The molecule has 3 aromatic rings. The maximum atomic E-state index is 17.8. The Kier molecular flexibility index (Phi) is 11.4. The Balaban J connectivity index is 1.42. The largest absolute Gasteiger partial charge is 0.573 e. The number of benzene rings is 1. The van der Waals surface area contributed by atoms with Gasteiger partial charge in [0, 0.05) is 42.0 Å². The second-order valence-corrected chi connectivity index (χ2v) is 18.3. The number of fused-ring (bicyclic) bond motifs is 2. The van der Waals surface area contributed by atoms with Crippen LogP contribution in [-0.2, 0) is 25.6 Å². The molecule has 7 rings (SSSR count). The summed E-state index contributed by atoms with van der Waals surface area (Å²) in [5, 5.41) is 13.5. The van der Waals surface area contributed by atoms with Gasteiger partial charge in [-0.3, -0.25) is 5.32 Å². The number of hydrogen-bond acceptors (Lipinski definition) is 9. The van der Waals surface area contributed by atoms with Gasteiger partial charge in [-0.15, -0.1) is 13.2 Å². The highest BCUT2D eigenvalue weighted by atomic mass is 19.4. The van der Waals surface area contributed by atoms with Crippen LogP contribution in [0, 0.1) is 23.5 Å². The van der Waals surface area contributed by atoms with Crippen LogP contribution in [0.2, 0.25) is 0 Å². The number of aromatic nitrogens is 2. The predicted octanol–water partition coefficient (Wildman–Crippen LogP) is 9.67. The lowest BCUT2D eigenvalue weighted by Crippen LogP contribution is -2.44. The summed E-state index contributed by atoms with van der Waals surface area (Å²) in [6.45, 7) is 14.2. The molecule has 17 heteroatoms. The molecule has 12 nitrogen and oxygen atoms in total. The molecule has 2 N–H and O–H groups in total. The number of alkyl halides is 3. The smallest absolute Gasteiger partial charge is 0.444 e. The van der Waals surface area contributed by atoms with E-state index in [0.29, 0.717) is 48.7 Å². The third-order valence-corrected chi connectivity index (χ3v) is 11.0. The zero-order chi connectivity index (χ0) is 42.9. The first kappa shape index (κ1) is 42.9. The van der Waals surface area contributed by atoms with Crippen molar-refractivity contribution in [1.82, 2.24) is 14.5 Å². The van der Waals surface area contributed by atoms with Gasteiger partial charge in [-0.2, -0.15) is 0 Å². The van der Waals surface area contributed by atoms with Crippen molar-refractivity contribution >= 4 is 28.8 Å². The summed E-state index contributed by atoms with van der Waals surface area (Å²) in [6.07, 6.45) is -3.64. The summed E-state index contributed by atoms with van der Waals surface area (Å²) in [4.78, 5) is 32.3. The maximum Gasteiger partial charge on any atom is 0.573 e. The number of anilines is 1. The van der Waals surface area contributed by atoms with Gasteiger partial charge in [-0.05, 0) is 109 Å². The first-order valence-electron chi connectivity index (χ1n) is 20.3. The number of carbonyl (C=O) groups excluding carboxylic acids is 2. The number of aliphatic hydroxyl groups excluding tert-OH is 1. The van der Waals surface area contributed by atoms with Crippen LogP contribution >= 0.6 is 0 Å². The minimum absolute atomic E-state index is 0.0133. The Bertz CT molecular complexity index is 2100. The zero-order valence-electron chi connectivity index (χ0n) is 34.6. The lowest BCUT2D eigenvalue weighted by Gasteiger charge is -2.30. The van der Waals surface area contributed by atoms with E-state index >= 15 is 8.78 Å². The molecule has 4 aliphatic rings. The number of hydrogen-bond donors (Lipinski definition) is 2. The SMILES string of the molecule is CC(C)c1nc(-c2cc(NC(=O)OC(C)(C)C)cc(F)c2OC(F)(F)F)c(F)c2c1c([C@@H]1[C@H]3CN(C(=O)OC(C)(C)C)[C@H](CO)[C@H]31)c(COC1CCCCO1)n2C1CC1. The third kappa shape index (κ3) is 8.97. The average molecular weight is 837 g/mol. The number of amides is 2. The minimum atomic E-state index is -5.37. The highest BCUT2D eigenvalue weighted by Crippen LogP contribution is 2.64. The minimum Gasteiger partial charge on any atom is -0.444 e. The molecule has 0 radical (unpaired) electrons. The number of likely N-dealkylation sites (tertiary alicyclic amines) is 1. The predicted molar refractivity (Wildman–Crippen MR) is 206 cm³/mol. The van der Waals surface area contributed by atoms with Crippen LogP contribution in [0.4, 0.5) is 37.2 Å². The molecule has 5 atom stereocenters. The number of aliphatic hydroxyl groups is 1. The average Bonchev–Trinajstić information content (AvgIpc) is 4.01. The molecule has 2 aliphatic heterocycles. The molecule has 1 unspecified atom stereocenters. The molecule has 4 heterocycles. The first-order chi connectivity index (χ1) is 27.6. The Morgan fingerprint density at radius 1 is 1.02 bits per heavy atom. The van der Waals surface area contributed by atoms with Crippen LogP contribution in [-0.4, -0.2) is 81.4 Å². The van der Waals surface area contributed by atoms with Gasteiger partial charge >= 0.3 is 18.5 Å². The summed E-state index contributed by atoms with van der Waals surface area (Å²) < 4.78 is 105. The van der Waals surface area contributed by atoms with E-state index < -0.39 is 76.6 Å². The number of rotatable bonds is 10. The van der Waals surface area contributed by atoms with Gasteiger partial charge in [0.1, 0.15) is 16.9 Å². The molecule has 0 bridgehead atoms. The molecular weight excluding hydrogens is 783 g/mol. The number of piperidine rings is 1. The number of ether oxygens (including phenoxy) is 5. The van der Waals surface area contributed by atoms with Crippen LogP contribution in [0.15, 0.2) is 12.1 Å². The number of pyridine rings is 1. The van der Waals surface area contributed by atoms with Crippen LogP contribution in [0.3, 0.4) is 0 Å². The Hall–Kier alpha value is -4.22. The lowest BCUT2D eigenvalue weighted by molar-refractivity contribution is -0.275. The second-order valence-electron chi connectivity index (χ2n) is 18.3. The molecule has 2 aromatic heterocycles. The molecule has 4 fully saturated rings. The van der Waals surface area contributed by atoms with E-state index in [4.69, 9.17) is 23.9 Å². The molecule has 59 heavy (non-hydrogen) atoms. The summed E-state index contributed by atoms with van der Waals surface area (Å²) in [7, 11) is 0. The monoisotopic (exact) mass is 836 g/mol. The molecule has 1 aromatic carbocycles. The van der Waals surface area contributed by atoms with Crippen molar-refractivity contribution in [2.45, 2.75) is 142 Å². The van der Waals surface area contributed by atoms with Crippen LogP contribution in [0.1, 0.15) is 122 Å². The topological polar surface area (TPSA) is 134 Å². The van der Waals surface area contributed by atoms with Gasteiger partial charge in [0.15, 0.2) is 23.7 Å². The van der Waals surface area contributed by atoms with Gasteiger partial charge in [-0.1, -0.05) is 13.8 Å². The maximum absolute atomic E-state index is 17.8. The third-order valence-electron chi connectivity index (χ3n) is 11.0. The van der Waals surface area contributed by atoms with Gasteiger partial charge in [0.05, 0.1) is 36.0 Å². The highest BCUT2D eigenvalue weighted by molar-refractivity contribution is 5.94. The fourth-order valence-corrected chi connectivity index (χ4v) is 8.69. The number of nitrogens with one attached hydrogen (secondary N) is 1. The molecule has 2 saturated carbocycles. The highest BCUT2D eigenvalue weighted by Gasteiger charge is 2.64. The fraction of sp³-hybridized carbons (Fsp3) is 0.643. The van der Waals surface area contributed by atoms with Crippen molar-refractivity contribution in [3.05, 3.63) is 40.7 Å². The van der Waals surface area contributed by atoms with E-state index in [2.05, 4.69) is 10.1 Å². The van der Waals surface area contributed by atoms with E-state index in [1.54, 1.807) is 46.4 Å². The van der Waals surface area contributed by atoms with Crippen LogP contribution < -0.4 is 10.1 Å². The number of carbonyl (C=O) groups is 2. The van der Waals surface area contributed by atoms with Crippen LogP contribution in [0.5, 0.6) is 5.75 Å². The van der Waals surface area contributed by atoms with E-state index in [-0.39, 0.29) is 54.8 Å². The lowest BCUT2D eigenvalue weighted by atomic mass is 9.94. The zero-order valence-corrected chi connectivity index (χ0v) is 34.6. The molecule has 0 spiro atoms. The van der Waals surface area contributed by atoms with E-state index in [1.807, 2.05) is 18.4 Å². The quantitative estimate of drug-likeness (QED) is 0.192. The van der Waals surface area contributed by atoms with Crippen molar-refractivity contribution < 1.29 is 60.3 Å². The molecule has 324 valence electrons. The van der Waals surface area contributed by atoms with Crippen LogP contribution in [0.25, 0.3) is 22.2 Å². The van der Waals surface area contributed by atoms with Crippen molar-refractivity contribution in [2.75, 3.05) is 25.1 Å². The van der Waals surface area contributed by atoms with E-state index in [1.165, 1.54) is 0 Å². The summed E-state index contributed by atoms with van der Waals surface area (Å²) in [6, 6.07) is 0.814. The standard InChI is InChI=1S/C42H53F5N4O8/c1-20(2)34-32-31(30-24-17-50(26(18-52)29(24)30)39(54)59-41(6,7)8)27(19-56-28-11-9-10-14-55-28)51(22-12-13-22)36(32)33(44)35(49-34)23-15-21(48-38(53)58-40(3,4)5)16-25(43)37(23)57-42(45,46)47/h15-16,20,22,24,26,28-30,52H,9-14,17-19H2,1-8H3,(H,48,53)/t24-,26+,28?,29-,30+/m0/s1. The molecule has 2 saturated heterocycles. The Morgan fingerprint density at radius 3 is 2.29 bits per heavy atom. The van der Waals surface area contributed by atoms with Gasteiger partial charge in [-0.25, -0.2) is 23.4 Å². The Morgan fingerprint density at radius 2 is 1.71 bits per heavy atom. The first-order valence-corrected chi connectivity index (χ1v) is 20.3. The van der Waals surface area contributed by atoms with E-state index in [9.17, 15) is 27.9 Å². The van der Waals surface area contributed by atoms with Crippen molar-refractivity contribution in [2.24, 2.45) is 11.8 Å². The second kappa shape index (κ2) is 15.7. The van der Waals surface area contributed by atoms with Gasteiger partial charge in [0.25, 0.3) is 0 Å². The molecular formula is C42H53F5N4O8. The van der Waals surface area contributed by atoms with Crippen molar-refractivity contribution in [1.29, 1.82) is 0 Å². The molecule has 2 aliphatic carbocycles. The van der Waals surface area contributed by atoms with Crippen molar-refractivity contribution in [3.8, 4) is 17.0 Å². The molecule has 2 amide bonds. The summed E-state index contributed by atoms with van der Waals surface area (Å²) >= 11 is 0. The Labute approximate surface area is 339 Å². The van der Waals surface area contributed by atoms with Gasteiger partial charge in [0.2, 0.25) is 0 Å². The van der Waals surface area contributed by atoms with E-state index in [0.717, 1.165) is 24.5 Å².